The van der Waals surface area contributed by atoms with Gasteiger partial charge in [-0.1, -0.05) is 6.07 Å². The molecule has 0 unspecified atom stereocenters. The van der Waals surface area contributed by atoms with Gasteiger partial charge < -0.3 is 0 Å². The van der Waals surface area contributed by atoms with E-state index in [0.717, 1.165) is 26.1 Å². The van der Waals surface area contributed by atoms with Gasteiger partial charge in [0.25, 0.3) is 0 Å². The van der Waals surface area contributed by atoms with Crippen molar-refractivity contribution in [3.05, 3.63) is 34.4 Å². The molecule has 0 N–H and O–H groups in total. The van der Waals surface area contributed by atoms with E-state index in [9.17, 15) is 0 Å². The van der Waals surface area contributed by atoms with Gasteiger partial charge in [0.1, 0.15) is 19.6 Å². The van der Waals surface area contributed by atoms with Crippen LogP contribution in [0.15, 0.2) is 12.1 Å². The molecule has 9 rings (SSSR count). The van der Waals surface area contributed by atoms with E-state index in [4.69, 9.17) is 0 Å². The zero-order valence-electron chi connectivity index (χ0n) is 35.8. The summed E-state index contributed by atoms with van der Waals surface area (Å²) >= 11 is 0. The van der Waals surface area contributed by atoms with Crippen molar-refractivity contribution in [2.45, 2.75) is 167 Å². The first-order chi connectivity index (χ1) is 27.7. The molecule has 0 aliphatic carbocycles. The molecule has 8 heteroatoms. The molecule has 0 bridgehead atoms. The van der Waals surface area contributed by atoms with Gasteiger partial charge >= 0.3 is 0 Å². The zero-order valence-corrected chi connectivity index (χ0v) is 35.8. The quantitative estimate of drug-likeness (QED) is 0.256. The molecule has 0 radical (unpaired) electrons. The van der Waals surface area contributed by atoms with Gasteiger partial charge in [-0.25, -0.2) is 0 Å². The lowest BCUT2D eigenvalue weighted by atomic mass is 9.92. The lowest BCUT2D eigenvalue weighted by Crippen LogP contribution is -2.49. The van der Waals surface area contributed by atoms with Crippen LogP contribution in [0.3, 0.4) is 0 Å². The number of rotatable bonds is 9. The van der Waals surface area contributed by atoms with Gasteiger partial charge in [0.05, 0.1) is 84.6 Å². The fraction of sp³-hybridized carbons (Fsp3) is 0.792. The fourth-order valence-corrected chi connectivity index (χ4v) is 12.3. The highest BCUT2D eigenvalue weighted by molar-refractivity contribution is 5.80. The predicted molar refractivity (Wildman–Crippen MR) is 230 cm³/mol. The summed E-state index contributed by atoms with van der Waals surface area (Å²) in [6.07, 6.45) is 27.9. The van der Waals surface area contributed by atoms with E-state index in [2.05, 4.69) is 57.0 Å². The van der Waals surface area contributed by atoms with E-state index in [-0.39, 0.29) is 0 Å². The Morgan fingerprint density at radius 1 is 0.393 bits per heavy atom. The third-order valence-electron chi connectivity index (χ3n) is 15.2. The molecule has 0 fully saturated rings. The highest BCUT2D eigenvalue weighted by Gasteiger charge is 2.37. The van der Waals surface area contributed by atoms with E-state index in [0.29, 0.717) is 6.04 Å². The predicted octanol–water partition coefficient (Wildman–Crippen LogP) is 6.88. The third-order valence-corrected chi connectivity index (χ3v) is 15.2. The van der Waals surface area contributed by atoms with Gasteiger partial charge in [-0.05, 0) is 101 Å². The summed E-state index contributed by atoms with van der Waals surface area (Å²) in [5.74, 6) is 6.67. The first kappa shape index (κ1) is 38.6. The van der Waals surface area contributed by atoms with Crippen LogP contribution in [0.1, 0.15) is 158 Å². The van der Waals surface area contributed by atoms with Crippen molar-refractivity contribution in [3.8, 4) is 0 Å². The third kappa shape index (κ3) is 8.75. The largest absolute Gasteiger partial charge is 0.266 e. The SMILES string of the molecule is C[C@@H](Cc1cc(CN2CCC[N+]3=C2CCCCC3)c(CN2CCC[N+]3=C2CCCCC3)cc1CN1CCC[N+]2=C1CCCCC2)N1CCC[N+]2=C1CCCCC2. The minimum atomic E-state index is 0.519. The number of hydrogen-bond donors (Lipinski definition) is 0. The first-order valence-electron chi connectivity index (χ1n) is 24.3. The summed E-state index contributed by atoms with van der Waals surface area (Å²) < 4.78 is 11.1. The van der Waals surface area contributed by atoms with Crippen molar-refractivity contribution in [1.29, 1.82) is 0 Å². The van der Waals surface area contributed by atoms with Crippen molar-refractivity contribution >= 4 is 23.3 Å². The van der Waals surface area contributed by atoms with E-state index >= 15 is 0 Å². The van der Waals surface area contributed by atoms with E-state index in [1.807, 2.05) is 0 Å². The molecule has 0 spiro atoms. The molecule has 0 saturated carbocycles. The lowest BCUT2D eigenvalue weighted by Gasteiger charge is -2.33. The van der Waals surface area contributed by atoms with Gasteiger partial charge in [0, 0.05) is 68.9 Å². The maximum atomic E-state index is 2.88. The minimum absolute atomic E-state index is 0.519. The van der Waals surface area contributed by atoms with E-state index in [1.54, 1.807) is 45.6 Å². The van der Waals surface area contributed by atoms with Crippen molar-refractivity contribution in [2.24, 2.45) is 0 Å². The maximum absolute atomic E-state index is 2.88. The molecular weight excluding hydrogens is 689 g/mol. The smallest absolute Gasteiger partial charge is 0.247 e. The Hall–Kier alpha value is -2.90. The van der Waals surface area contributed by atoms with E-state index in [1.165, 1.54) is 207 Å². The van der Waals surface area contributed by atoms with Crippen LogP contribution in [0.25, 0.3) is 0 Å². The Labute approximate surface area is 340 Å². The topological polar surface area (TPSA) is 25.0 Å². The Kier molecular flexibility index (Phi) is 12.7. The second kappa shape index (κ2) is 18.4. The lowest BCUT2D eigenvalue weighted by molar-refractivity contribution is -0.539. The summed E-state index contributed by atoms with van der Waals surface area (Å²) in [5, 5.41) is 0. The van der Waals surface area contributed by atoms with Crippen LogP contribution in [0.2, 0.25) is 0 Å². The minimum Gasteiger partial charge on any atom is -0.266 e. The molecule has 1 aromatic rings. The number of nitrogens with zero attached hydrogens (tertiary/aromatic N) is 8. The van der Waals surface area contributed by atoms with Crippen LogP contribution in [0.5, 0.6) is 0 Å². The average molecular weight is 767 g/mol. The average Bonchev–Trinajstić information content (AvgIpc) is 3.80. The molecule has 0 saturated heterocycles. The Morgan fingerprint density at radius 2 is 0.732 bits per heavy atom. The van der Waals surface area contributed by atoms with Crippen LogP contribution in [-0.2, 0) is 26.1 Å². The highest BCUT2D eigenvalue weighted by Crippen LogP contribution is 2.30. The molecule has 0 amide bonds. The second-order valence-corrected chi connectivity index (χ2v) is 19.2. The van der Waals surface area contributed by atoms with Crippen LogP contribution in [-0.4, -0.2) is 146 Å². The molecule has 56 heavy (non-hydrogen) atoms. The van der Waals surface area contributed by atoms with Gasteiger partial charge in [-0.3, -0.25) is 37.9 Å². The summed E-state index contributed by atoms with van der Waals surface area (Å²) in [7, 11) is 0. The van der Waals surface area contributed by atoms with Crippen molar-refractivity contribution in [2.75, 3.05) is 78.5 Å². The Balaban J connectivity index is 1.11. The molecule has 8 aliphatic heterocycles. The van der Waals surface area contributed by atoms with Crippen LogP contribution < -0.4 is 0 Å². The van der Waals surface area contributed by atoms with Crippen LogP contribution >= 0.6 is 0 Å². The molecule has 8 nitrogen and oxygen atoms in total. The summed E-state index contributed by atoms with van der Waals surface area (Å²) in [4.78, 5) is 11.4. The van der Waals surface area contributed by atoms with E-state index < -0.39 is 0 Å². The van der Waals surface area contributed by atoms with Gasteiger partial charge in [-0.15, -0.1) is 0 Å². The maximum Gasteiger partial charge on any atom is 0.247 e. The van der Waals surface area contributed by atoms with Crippen molar-refractivity contribution < 1.29 is 18.3 Å². The Bertz CT molecular complexity index is 1690. The molecule has 8 heterocycles. The normalized spacial score (nSPS) is 24.9. The number of benzene rings is 1. The molecule has 1 aromatic carbocycles. The van der Waals surface area contributed by atoms with Crippen LogP contribution in [0, 0.1) is 0 Å². The molecule has 306 valence electrons. The van der Waals surface area contributed by atoms with Gasteiger partial charge in [0.2, 0.25) is 23.3 Å². The monoisotopic (exact) mass is 767 g/mol. The van der Waals surface area contributed by atoms with Crippen LogP contribution in [0.4, 0.5) is 0 Å². The summed E-state index contributed by atoms with van der Waals surface area (Å²) in [6.45, 7) is 20.8. The fourth-order valence-electron chi connectivity index (χ4n) is 12.3. The molecule has 0 aromatic heterocycles. The zero-order chi connectivity index (χ0) is 37.7. The summed E-state index contributed by atoms with van der Waals surface area (Å²) in [6, 6.07) is 6.12. The number of amidine groups is 4. The van der Waals surface area contributed by atoms with Crippen molar-refractivity contribution in [3.63, 3.8) is 0 Å². The Morgan fingerprint density at radius 3 is 1.18 bits per heavy atom. The molecule has 1 atom stereocenters. The first-order valence-corrected chi connectivity index (χ1v) is 24.3. The molecule has 8 aliphatic rings. The second-order valence-electron chi connectivity index (χ2n) is 19.2. The van der Waals surface area contributed by atoms with Crippen molar-refractivity contribution in [1.82, 2.24) is 19.6 Å². The molecular formula is C48H78N8+4. The summed E-state index contributed by atoms with van der Waals surface area (Å²) in [5.41, 5.74) is 6.54. The van der Waals surface area contributed by atoms with Gasteiger partial charge in [-0.2, -0.15) is 0 Å². The van der Waals surface area contributed by atoms with Gasteiger partial charge in [0.15, 0.2) is 0 Å². The number of hydrogen-bond acceptors (Lipinski definition) is 4. The standard InChI is InChI=1S/C48H78N8/c1-40(56-33-17-29-52-25-13-5-9-21-48(52)56)34-41-35-43(38-54-31-15-27-50-23-11-3-7-19-46(50)54)44(39-55-32-16-28-51-24-12-4-8-20-47(51)55)36-42(41)37-53-30-14-26-49-22-10-2-6-18-45(49)53/h35-36,40H,2-34,37-39H2,1H3/q+4/t40-/m0/s1. The highest BCUT2D eigenvalue weighted by atomic mass is 15.3.